The van der Waals surface area contributed by atoms with E-state index < -0.39 is 0 Å². The molecule has 0 radical (unpaired) electrons. The summed E-state index contributed by atoms with van der Waals surface area (Å²) in [5.41, 5.74) is 6.90. The second kappa shape index (κ2) is 4.12. The monoisotopic (exact) mass is 244 g/mol. The Balaban J connectivity index is 1.95. The van der Waals surface area contributed by atoms with Gasteiger partial charge in [-0.05, 0) is 37.1 Å². The minimum absolute atomic E-state index is 0.0329. The van der Waals surface area contributed by atoms with Gasteiger partial charge in [0.15, 0.2) is 0 Å². The number of hydrogen-bond acceptors (Lipinski definition) is 3. The van der Waals surface area contributed by atoms with Crippen LogP contribution in [-0.4, -0.2) is 11.8 Å². The first-order chi connectivity index (χ1) is 8.68. The summed E-state index contributed by atoms with van der Waals surface area (Å²) in [5, 5.41) is 0. The molecule has 94 valence electrons. The molecular formula is C14H16N2O2. The minimum Gasteiger partial charge on any atom is -0.399 e. The van der Waals surface area contributed by atoms with Gasteiger partial charge in [0.1, 0.15) is 0 Å². The molecule has 4 nitrogen and oxygen atoms in total. The summed E-state index contributed by atoms with van der Waals surface area (Å²) in [6, 6.07) is 6.92. The van der Waals surface area contributed by atoms with Crippen molar-refractivity contribution < 1.29 is 9.59 Å². The number of amides is 2. The van der Waals surface area contributed by atoms with Gasteiger partial charge in [-0.1, -0.05) is 12.8 Å². The van der Waals surface area contributed by atoms with Crippen LogP contribution in [0.5, 0.6) is 0 Å². The highest BCUT2D eigenvalue weighted by Gasteiger charge is 2.48. The van der Waals surface area contributed by atoms with Gasteiger partial charge in [0.2, 0.25) is 11.8 Å². The van der Waals surface area contributed by atoms with E-state index >= 15 is 0 Å². The van der Waals surface area contributed by atoms with Crippen LogP contribution in [0.15, 0.2) is 24.3 Å². The first-order valence-corrected chi connectivity index (χ1v) is 6.42. The standard InChI is InChI=1S/C14H16N2O2/c15-9-5-7-10(8-6-9)16-13(17)11-3-1-2-4-12(11)14(16)18/h5-8,11-12H,1-4,15H2. The van der Waals surface area contributed by atoms with Gasteiger partial charge in [-0.25, -0.2) is 0 Å². The van der Waals surface area contributed by atoms with E-state index in [4.69, 9.17) is 5.73 Å². The minimum atomic E-state index is -0.0937. The fourth-order valence-electron chi connectivity index (χ4n) is 3.04. The molecule has 4 heteroatoms. The van der Waals surface area contributed by atoms with E-state index in [1.807, 2.05) is 0 Å². The lowest BCUT2D eigenvalue weighted by molar-refractivity contribution is -0.122. The maximum atomic E-state index is 12.3. The quantitative estimate of drug-likeness (QED) is 0.606. The Hall–Kier alpha value is -1.84. The van der Waals surface area contributed by atoms with E-state index in [1.165, 1.54) is 4.90 Å². The highest BCUT2D eigenvalue weighted by Crippen LogP contribution is 2.40. The number of anilines is 2. The molecule has 0 spiro atoms. The molecule has 1 aliphatic carbocycles. The topological polar surface area (TPSA) is 63.4 Å². The number of imide groups is 1. The van der Waals surface area contributed by atoms with E-state index in [0.29, 0.717) is 11.4 Å². The largest absolute Gasteiger partial charge is 0.399 e. The van der Waals surface area contributed by atoms with Crippen LogP contribution in [0.4, 0.5) is 11.4 Å². The zero-order chi connectivity index (χ0) is 12.7. The van der Waals surface area contributed by atoms with Crippen molar-refractivity contribution in [2.24, 2.45) is 11.8 Å². The second-order valence-corrected chi connectivity index (χ2v) is 5.10. The van der Waals surface area contributed by atoms with Gasteiger partial charge in [-0.2, -0.15) is 0 Å². The number of benzene rings is 1. The molecular weight excluding hydrogens is 228 g/mol. The summed E-state index contributed by atoms with van der Waals surface area (Å²) in [5.74, 6) is -0.253. The Morgan fingerprint density at radius 3 is 1.94 bits per heavy atom. The number of fused-ring (bicyclic) bond motifs is 1. The van der Waals surface area contributed by atoms with Crippen LogP contribution >= 0.6 is 0 Å². The molecule has 2 atom stereocenters. The molecule has 2 N–H and O–H groups in total. The molecule has 1 saturated carbocycles. The molecule has 1 aromatic rings. The van der Waals surface area contributed by atoms with Crippen LogP contribution in [0.1, 0.15) is 25.7 Å². The van der Waals surface area contributed by atoms with Crippen molar-refractivity contribution in [1.29, 1.82) is 0 Å². The summed E-state index contributed by atoms with van der Waals surface area (Å²) in [4.78, 5) is 26.0. The van der Waals surface area contributed by atoms with Crippen LogP contribution in [0.2, 0.25) is 0 Å². The molecule has 0 bridgehead atoms. The van der Waals surface area contributed by atoms with Crippen LogP contribution in [-0.2, 0) is 9.59 Å². The maximum Gasteiger partial charge on any atom is 0.237 e. The number of hydrogen-bond donors (Lipinski definition) is 1. The van der Waals surface area contributed by atoms with Crippen LogP contribution < -0.4 is 10.6 Å². The van der Waals surface area contributed by atoms with Crippen LogP contribution in [0.25, 0.3) is 0 Å². The number of carbonyl (C=O) groups excluding carboxylic acids is 2. The van der Waals surface area contributed by atoms with Crippen molar-refractivity contribution in [2.45, 2.75) is 25.7 Å². The lowest BCUT2D eigenvalue weighted by atomic mass is 9.81. The normalized spacial score (nSPS) is 27.4. The van der Waals surface area contributed by atoms with E-state index in [0.717, 1.165) is 25.7 Å². The third-order valence-corrected chi connectivity index (χ3v) is 3.99. The lowest BCUT2D eigenvalue weighted by Crippen LogP contribution is -2.30. The molecule has 2 aliphatic rings. The smallest absolute Gasteiger partial charge is 0.237 e. The van der Waals surface area contributed by atoms with Gasteiger partial charge >= 0.3 is 0 Å². The molecule has 2 amide bonds. The fourth-order valence-corrected chi connectivity index (χ4v) is 3.04. The van der Waals surface area contributed by atoms with Gasteiger partial charge in [0.05, 0.1) is 17.5 Å². The summed E-state index contributed by atoms with van der Waals surface area (Å²) in [6.45, 7) is 0. The predicted molar refractivity (Wildman–Crippen MR) is 68.8 cm³/mol. The van der Waals surface area contributed by atoms with Crippen molar-refractivity contribution in [3.05, 3.63) is 24.3 Å². The molecule has 18 heavy (non-hydrogen) atoms. The Morgan fingerprint density at radius 1 is 0.944 bits per heavy atom. The molecule has 1 heterocycles. The van der Waals surface area contributed by atoms with Crippen molar-refractivity contribution in [1.82, 2.24) is 0 Å². The average molecular weight is 244 g/mol. The Bertz CT molecular complexity index is 471. The Labute approximate surface area is 106 Å². The molecule has 1 aromatic carbocycles. The molecule has 1 aliphatic heterocycles. The Kier molecular flexibility index (Phi) is 2.58. The van der Waals surface area contributed by atoms with Gasteiger partial charge in [0, 0.05) is 5.69 Å². The van der Waals surface area contributed by atoms with Crippen molar-refractivity contribution in [2.75, 3.05) is 10.6 Å². The highest BCUT2D eigenvalue weighted by molar-refractivity contribution is 6.22. The summed E-state index contributed by atoms with van der Waals surface area (Å²) >= 11 is 0. The fraction of sp³-hybridized carbons (Fsp3) is 0.429. The third kappa shape index (κ3) is 1.60. The van der Waals surface area contributed by atoms with E-state index in [-0.39, 0.29) is 23.7 Å². The van der Waals surface area contributed by atoms with Crippen molar-refractivity contribution in [3.63, 3.8) is 0 Å². The van der Waals surface area contributed by atoms with Gasteiger partial charge < -0.3 is 5.73 Å². The SMILES string of the molecule is Nc1ccc(N2C(=O)C3CCCCC3C2=O)cc1. The first kappa shape index (κ1) is 11.3. The molecule has 0 aromatic heterocycles. The third-order valence-electron chi connectivity index (χ3n) is 3.99. The van der Waals surface area contributed by atoms with E-state index in [2.05, 4.69) is 0 Å². The molecule has 2 unspecified atom stereocenters. The maximum absolute atomic E-state index is 12.3. The van der Waals surface area contributed by atoms with Crippen molar-refractivity contribution in [3.8, 4) is 0 Å². The molecule has 2 fully saturated rings. The molecule has 1 saturated heterocycles. The number of rotatable bonds is 1. The van der Waals surface area contributed by atoms with Crippen molar-refractivity contribution >= 4 is 23.2 Å². The lowest BCUT2D eigenvalue weighted by Gasteiger charge is -2.19. The summed E-state index contributed by atoms with van der Waals surface area (Å²) < 4.78 is 0. The Morgan fingerprint density at radius 2 is 1.44 bits per heavy atom. The average Bonchev–Trinajstić information content (AvgIpc) is 2.64. The number of carbonyl (C=O) groups is 2. The summed E-state index contributed by atoms with van der Waals surface area (Å²) in [7, 11) is 0. The van der Waals surface area contributed by atoms with Crippen LogP contribution in [0, 0.1) is 11.8 Å². The van der Waals surface area contributed by atoms with Gasteiger partial charge in [-0.3, -0.25) is 14.5 Å². The zero-order valence-electron chi connectivity index (χ0n) is 10.1. The van der Waals surface area contributed by atoms with Crippen LogP contribution in [0.3, 0.4) is 0 Å². The second-order valence-electron chi connectivity index (χ2n) is 5.10. The van der Waals surface area contributed by atoms with E-state index in [1.54, 1.807) is 24.3 Å². The predicted octanol–water partition coefficient (Wildman–Crippen LogP) is 1.95. The van der Waals surface area contributed by atoms with E-state index in [9.17, 15) is 9.59 Å². The number of nitrogens with zero attached hydrogens (tertiary/aromatic N) is 1. The zero-order valence-corrected chi connectivity index (χ0v) is 10.1. The number of nitrogens with two attached hydrogens (primary N) is 1. The van der Waals surface area contributed by atoms with Gasteiger partial charge in [0.25, 0.3) is 0 Å². The first-order valence-electron chi connectivity index (χ1n) is 6.42. The molecule has 3 rings (SSSR count). The summed E-state index contributed by atoms with van der Waals surface area (Å²) in [6.07, 6.45) is 3.80. The highest BCUT2D eigenvalue weighted by atomic mass is 16.2. The number of nitrogen functional groups attached to an aromatic ring is 1. The van der Waals surface area contributed by atoms with Gasteiger partial charge in [-0.15, -0.1) is 0 Å².